The van der Waals surface area contributed by atoms with Gasteiger partial charge in [0.05, 0.1) is 11.7 Å². The smallest absolute Gasteiger partial charge is 0.162 e. The predicted molar refractivity (Wildman–Crippen MR) is 128 cm³/mol. The topological polar surface area (TPSA) is 59.2 Å². The Bertz CT molecular complexity index is 1410. The Labute approximate surface area is 186 Å². The van der Waals surface area contributed by atoms with Crippen LogP contribution >= 0.6 is 0 Å². The van der Waals surface area contributed by atoms with Gasteiger partial charge in [0.25, 0.3) is 0 Å². The Morgan fingerprint density at radius 2 is 1.66 bits per heavy atom. The second kappa shape index (κ2) is 7.71. The third-order valence-electron chi connectivity index (χ3n) is 6.25. The molecule has 1 aliphatic rings. The van der Waals surface area contributed by atoms with Gasteiger partial charge in [-0.2, -0.15) is 5.10 Å². The number of benzene rings is 1. The summed E-state index contributed by atoms with van der Waals surface area (Å²) in [5.41, 5.74) is 6.96. The lowest BCUT2D eigenvalue weighted by atomic mass is 10.0. The number of aryl methyl sites for hydroxylation is 1. The minimum absolute atomic E-state index is 0.836. The number of para-hydroxylation sites is 1. The molecule has 0 bridgehead atoms. The molecule has 4 aromatic heterocycles. The number of hydrogen-bond donors (Lipinski definition) is 0. The van der Waals surface area contributed by atoms with Crippen LogP contribution in [0.4, 0.5) is 5.82 Å². The second-order valence-electron chi connectivity index (χ2n) is 8.45. The normalized spacial score (nSPS) is 14.3. The Hall–Kier alpha value is -3.80. The Morgan fingerprint density at radius 1 is 0.812 bits per heavy atom. The predicted octanol–water partition coefficient (Wildman–Crippen LogP) is 5.31. The molecule has 32 heavy (non-hydrogen) atoms. The quantitative estimate of drug-likeness (QED) is 0.396. The van der Waals surface area contributed by atoms with E-state index in [1.165, 1.54) is 19.3 Å². The molecular formula is C26H24N6. The van der Waals surface area contributed by atoms with E-state index in [1.807, 2.05) is 54.4 Å². The lowest BCUT2D eigenvalue weighted by Crippen LogP contribution is -2.29. The molecule has 5 aromatic rings. The van der Waals surface area contributed by atoms with Crippen molar-refractivity contribution in [2.45, 2.75) is 26.2 Å². The number of anilines is 1. The lowest BCUT2D eigenvalue weighted by Gasteiger charge is -2.27. The molecule has 0 amide bonds. The van der Waals surface area contributed by atoms with Crippen LogP contribution < -0.4 is 4.90 Å². The maximum absolute atomic E-state index is 4.78. The fourth-order valence-electron chi connectivity index (χ4n) is 4.61. The molecule has 0 N–H and O–H groups in total. The summed E-state index contributed by atoms with van der Waals surface area (Å²) in [5.74, 6) is 1.06. The van der Waals surface area contributed by atoms with E-state index in [1.54, 1.807) is 0 Å². The zero-order chi connectivity index (χ0) is 21.5. The molecule has 0 saturated carbocycles. The van der Waals surface area contributed by atoms with Gasteiger partial charge < -0.3 is 4.90 Å². The van der Waals surface area contributed by atoms with Gasteiger partial charge in [0.15, 0.2) is 5.65 Å². The van der Waals surface area contributed by atoms with Crippen molar-refractivity contribution in [3.05, 3.63) is 72.9 Å². The first-order chi connectivity index (χ1) is 15.8. The van der Waals surface area contributed by atoms with E-state index < -0.39 is 0 Å². The van der Waals surface area contributed by atoms with Crippen molar-refractivity contribution in [3.8, 4) is 22.3 Å². The molecule has 0 atom stereocenters. The van der Waals surface area contributed by atoms with E-state index >= 15 is 0 Å². The second-order valence-corrected chi connectivity index (χ2v) is 8.45. The molecule has 1 fully saturated rings. The van der Waals surface area contributed by atoms with Gasteiger partial charge in [-0.1, -0.05) is 18.2 Å². The van der Waals surface area contributed by atoms with E-state index in [-0.39, 0.29) is 0 Å². The van der Waals surface area contributed by atoms with Crippen LogP contribution in [0.3, 0.4) is 0 Å². The third-order valence-corrected chi connectivity index (χ3v) is 6.25. The molecule has 5 heterocycles. The number of nitrogens with zero attached hydrogens (tertiary/aromatic N) is 6. The molecular weight excluding hydrogens is 396 g/mol. The van der Waals surface area contributed by atoms with E-state index in [9.17, 15) is 0 Å². The molecule has 0 aliphatic carbocycles. The summed E-state index contributed by atoms with van der Waals surface area (Å²) in [4.78, 5) is 16.5. The molecule has 0 spiro atoms. The molecule has 0 radical (unpaired) electrons. The highest BCUT2D eigenvalue weighted by atomic mass is 15.2. The Balaban J connectivity index is 1.37. The van der Waals surface area contributed by atoms with Gasteiger partial charge in [0.2, 0.25) is 0 Å². The molecule has 1 aromatic carbocycles. The van der Waals surface area contributed by atoms with E-state index in [0.29, 0.717) is 0 Å². The third kappa shape index (κ3) is 3.28. The van der Waals surface area contributed by atoms with Crippen molar-refractivity contribution in [1.82, 2.24) is 24.6 Å². The zero-order valence-electron chi connectivity index (χ0n) is 18.1. The fourth-order valence-corrected chi connectivity index (χ4v) is 4.61. The average Bonchev–Trinajstić information content (AvgIpc) is 3.27. The van der Waals surface area contributed by atoms with Crippen LogP contribution in [0.25, 0.3) is 38.8 Å². The summed E-state index contributed by atoms with van der Waals surface area (Å²) < 4.78 is 1.85. The van der Waals surface area contributed by atoms with Gasteiger partial charge in [-0.15, -0.1) is 0 Å². The van der Waals surface area contributed by atoms with Crippen molar-refractivity contribution >= 4 is 22.4 Å². The summed E-state index contributed by atoms with van der Waals surface area (Å²) >= 11 is 0. The van der Waals surface area contributed by atoms with Crippen molar-refractivity contribution in [3.63, 3.8) is 0 Å². The number of piperidine rings is 1. The van der Waals surface area contributed by atoms with Crippen molar-refractivity contribution < 1.29 is 0 Å². The van der Waals surface area contributed by atoms with Crippen molar-refractivity contribution in [2.24, 2.45) is 0 Å². The summed E-state index contributed by atoms with van der Waals surface area (Å²) in [7, 11) is 0. The molecule has 1 saturated heterocycles. The first-order valence-electron chi connectivity index (χ1n) is 11.2. The molecule has 6 rings (SSSR count). The summed E-state index contributed by atoms with van der Waals surface area (Å²) in [6.45, 7) is 4.21. The standard InChI is InChI=1S/C26H24N6/c1-18-13-22(21-7-3-4-8-24(21)30-18)23-16-29-32-17-20(15-28-26(23)32)19-9-10-25(27-14-19)31-11-5-2-6-12-31/h3-4,7-10,13-17H,2,5-6,11-12H2,1H3. The maximum atomic E-state index is 4.78. The van der Waals surface area contributed by atoms with Gasteiger partial charge in [0.1, 0.15) is 5.82 Å². The highest BCUT2D eigenvalue weighted by molar-refractivity contribution is 5.98. The molecule has 158 valence electrons. The van der Waals surface area contributed by atoms with E-state index in [4.69, 9.17) is 9.97 Å². The van der Waals surface area contributed by atoms with Crippen molar-refractivity contribution in [1.29, 1.82) is 0 Å². The first kappa shape index (κ1) is 18.9. The average molecular weight is 421 g/mol. The molecule has 1 aliphatic heterocycles. The highest BCUT2D eigenvalue weighted by Crippen LogP contribution is 2.31. The van der Waals surface area contributed by atoms with E-state index in [0.717, 1.165) is 63.4 Å². The number of aromatic nitrogens is 5. The van der Waals surface area contributed by atoms with Crippen LogP contribution in [0.2, 0.25) is 0 Å². The van der Waals surface area contributed by atoms with Crippen LogP contribution in [0.1, 0.15) is 25.0 Å². The summed E-state index contributed by atoms with van der Waals surface area (Å²) in [6, 6.07) is 14.6. The molecule has 6 nitrogen and oxygen atoms in total. The first-order valence-corrected chi connectivity index (χ1v) is 11.2. The minimum atomic E-state index is 0.836. The number of fused-ring (bicyclic) bond motifs is 2. The maximum Gasteiger partial charge on any atom is 0.162 e. The largest absolute Gasteiger partial charge is 0.357 e. The Morgan fingerprint density at radius 3 is 2.50 bits per heavy atom. The van der Waals surface area contributed by atoms with Gasteiger partial charge >= 0.3 is 0 Å². The number of rotatable bonds is 3. The zero-order valence-corrected chi connectivity index (χ0v) is 18.1. The molecule has 0 unspecified atom stereocenters. The van der Waals surface area contributed by atoms with Gasteiger partial charge in [-0.05, 0) is 56.0 Å². The van der Waals surface area contributed by atoms with Crippen LogP contribution in [-0.2, 0) is 0 Å². The van der Waals surface area contributed by atoms with Crippen LogP contribution in [0, 0.1) is 6.92 Å². The SMILES string of the molecule is Cc1cc(-c2cnn3cc(-c4ccc(N5CCCCC5)nc4)cnc23)c2ccccc2n1. The van der Waals surface area contributed by atoms with Gasteiger partial charge in [0, 0.05) is 59.5 Å². The van der Waals surface area contributed by atoms with E-state index in [2.05, 4.69) is 39.2 Å². The minimum Gasteiger partial charge on any atom is -0.357 e. The van der Waals surface area contributed by atoms with Crippen LogP contribution in [0.15, 0.2) is 67.3 Å². The Kier molecular flexibility index (Phi) is 4.56. The highest BCUT2D eigenvalue weighted by Gasteiger charge is 2.15. The number of hydrogen-bond acceptors (Lipinski definition) is 5. The fraction of sp³-hybridized carbons (Fsp3) is 0.231. The number of pyridine rings is 2. The monoisotopic (exact) mass is 420 g/mol. The summed E-state index contributed by atoms with van der Waals surface area (Å²) in [6.07, 6.45) is 11.6. The van der Waals surface area contributed by atoms with Crippen molar-refractivity contribution in [2.75, 3.05) is 18.0 Å². The van der Waals surface area contributed by atoms with Gasteiger partial charge in [-0.3, -0.25) is 4.98 Å². The van der Waals surface area contributed by atoms with Crippen LogP contribution in [-0.4, -0.2) is 37.7 Å². The van der Waals surface area contributed by atoms with Gasteiger partial charge in [-0.25, -0.2) is 14.5 Å². The lowest BCUT2D eigenvalue weighted by molar-refractivity contribution is 0.573. The van der Waals surface area contributed by atoms with Crippen LogP contribution in [0.5, 0.6) is 0 Å². The summed E-state index contributed by atoms with van der Waals surface area (Å²) in [5, 5.41) is 5.72. The molecule has 6 heteroatoms.